The van der Waals surface area contributed by atoms with Gasteiger partial charge in [0.1, 0.15) is 30.5 Å². The Morgan fingerprint density at radius 3 is 1.89 bits per heavy atom. The Labute approximate surface area is 365 Å². The summed E-state index contributed by atoms with van der Waals surface area (Å²) in [5, 5.41) is 65.2. The molecule has 2 aromatic carbocycles. The van der Waals surface area contributed by atoms with Crippen LogP contribution in [-0.4, -0.2) is 111 Å². The van der Waals surface area contributed by atoms with Crippen molar-refractivity contribution in [1.82, 2.24) is 5.32 Å². The van der Waals surface area contributed by atoms with Gasteiger partial charge < -0.3 is 50.2 Å². The molecule has 0 spiro atoms. The van der Waals surface area contributed by atoms with Gasteiger partial charge in [-0.2, -0.15) is 0 Å². The van der Waals surface area contributed by atoms with Gasteiger partial charge in [0.15, 0.2) is 12.1 Å². The molecule has 0 radical (unpaired) electrons. The van der Waals surface area contributed by atoms with Crippen LogP contribution in [0, 0.1) is 0 Å². The molecule has 7 N–H and O–H groups in total. The van der Waals surface area contributed by atoms with E-state index in [4.69, 9.17) is 14.2 Å². The van der Waals surface area contributed by atoms with E-state index < -0.39 is 55.6 Å². The lowest BCUT2D eigenvalue weighted by molar-refractivity contribution is -0.303. The monoisotopic (exact) mass is 858 g/mol. The molecular weight excluding hydrogens is 779 g/mol. The number of rotatable bonds is 35. The van der Waals surface area contributed by atoms with Crippen molar-refractivity contribution in [2.24, 2.45) is 0 Å². The summed E-state index contributed by atoms with van der Waals surface area (Å²) < 4.78 is 17.0. The number of ether oxygens (including phenoxy) is 3. The fourth-order valence-electron chi connectivity index (χ4n) is 7.84. The predicted octanol–water partition coefficient (Wildman–Crippen LogP) is 7.06. The minimum Gasteiger partial charge on any atom is -0.394 e. The first-order valence-corrected chi connectivity index (χ1v) is 23.5. The van der Waals surface area contributed by atoms with Gasteiger partial charge in [-0.25, -0.2) is 0 Å². The molecule has 1 saturated heterocycles. The predicted molar refractivity (Wildman–Crippen MR) is 237 cm³/mol. The van der Waals surface area contributed by atoms with Gasteiger partial charge in [0.25, 0.3) is 0 Å². The van der Waals surface area contributed by atoms with Gasteiger partial charge in [0.05, 0.1) is 32.0 Å². The fraction of sp³-hybridized carbons (Fsp3) is 0.714. The molecule has 0 aliphatic carbocycles. The van der Waals surface area contributed by atoms with Crippen LogP contribution in [0.15, 0.2) is 54.6 Å². The third kappa shape index (κ3) is 21.0. The number of carbonyl (C=O) groups excluding carboxylic acids is 2. The topological polar surface area (TPSA) is 195 Å². The number of carbonyl (C=O) groups is 2. The SMILES string of the molecule is CCCCCCCCCCCCCC[C@@H](O)[C@@H](O)[C@H](COC1OC(CO)C(O)C(O)C1O)NC(=O)CCCCCCCCCCOCc1cccc(C(=O)c2ccccc2)c1. The second-order valence-corrected chi connectivity index (χ2v) is 17.0. The summed E-state index contributed by atoms with van der Waals surface area (Å²) in [5.41, 5.74) is 2.31. The Balaban J connectivity index is 1.30. The molecular formula is C49H79NO11. The molecule has 12 nitrogen and oxygen atoms in total. The molecule has 346 valence electrons. The van der Waals surface area contributed by atoms with Crippen LogP contribution in [0.1, 0.15) is 170 Å². The van der Waals surface area contributed by atoms with Gasteiger partial charge in [0.2, 0.25) is 5.91 Å². The second-order valence-electron chi connectivity index (χ2n) is 17.0. The highest BCUT2D eigenvalue weighted by Gasteiger charge is 2.44. The number of unbranched alkanes of at least 4 members (excludes halogenated alkanes) is 18. The lowest BCUT2D eigenvalue weighted by atomic mass is 9.98. The standard InChI is InChI=1S/C49H79NO11/c1-2-3-4-5-6-7-8-9-10-13-16-22-30-41(52)45(55)40(36-60-49-48(58)47(57)46(56)42(34-51)61-49)50-43(53)31-23-17-14-11-12-15-18-24-32-59-35-37-26-25-29-39(33-37)44(54)38-27-20-19-21-28-38/h19-21,25-29,33,40-42,45-49,51-52,55-58H,2-18,22-24,30-32,34-36H2,1H3,(H,50,53)/t40-,41+,42?,45-,46?,47?,48?,49?/m0/s1. The summed E-state index contributed by atoms with van der Waals surface area (Å²) in [6.07, 6.45) is 12.7. The number of benzene rings is 2. The minimum atomic E-state index is -1.63. The Bertz CT molecular complexity index is 1430. The third-order valence-corrected chi connectivity index (χ3v) is 11.7. The van der Waals surface area contributed by atoms with Crippen LogP contribution in [0.3, 0.4) is 0 Å². The second kappa shape index (κ2) is 32.0. The molecule has 0 bridgehead atoms. The summed E-state index contributed by atoms with van der Waals surface area (Å²) in [4.78, 5) is 25.8. The van der Waals surface area contributed by atoms with Gasteiger partial charge in [-0.05, 0) is 30.9 Å². The van der Waals surface area contributed by atoms with Crippen molar-refractivity contribution in [3.8, 4) is 0 Å². The first-order chi connectivity index (χ1) is 29.7. The molecule has 1 fully saturated rings. The largest absolute Gasteiger partial charge is 0.394 e. The van der Waals surface area contributed by atoms with Crippen molar-refractivity contribution in [1.29, 1.82) is 0 Å². The highest BCUT2D eigenvalue weighted by atomic mass is 16.7. The molecule has 2 aromatic rings. The molecule has 3 rings (SSSR count). The van der Waals surface area contributed by atoms with E-state index in [-0.39, 0.29) is 24.7 Å². The number of aliphatic hydroxyl groups excluding tert-OH is 6. The lowest BCUT2D eigenvalue weighted by Crippen LogP contribution is -2.60. The zero-order valence-corrected chi connectivity index (χ0v) is 36.9. The summed E-state index contributed by atoms with van der Waals surface area (Å²) in [5.74, 6) is -0.294. The van der Waals surface area contributed by atoms with Crippen molar-refractivity contribution >= 4 is 11.7 Å². The van der Waals surface area contributed by atoms with E-state index in [1.165, 1.54) is 51.4 Å². The Kier molecular flexibility index (Phi) is 27.5. The molecule has 5 unspecified atom stereocenters. The number of nitrogens with one attached hydrogen (secondary N) is 1. The number of hydrogen-bond donors (Lipinski definition) is 7. The normalized spacial score (nSPS) is 20.6. The minimum absolute atomic E-state index is 0.00339. The lowest BCUT2D eigenvalue weighted by Gasteiger charge is -2.40. The summed E-state index contributed by atoms with van der Waals surface area (Å²) in [6.45, 7) is 2.41. The molecule has 61 heavy (non-hydrogen) atoms. The summed E-state index contributed by atoms with van der Waals surface area (Å²) in [6, 6.07) is 15.8. The van der Waals surface area contributed by atoms with Crippen LogP contribution in [0.2, 0.25) is 0 Å². The summed E-state index contributed by atoms with van der Waals surface area (Å²) >= 11 is 0. The van der Waals surface area contributed by atoms with E-state index in [1.54, 1.807) is 0 Å². The van der Waals surface area contributed by atoms with Gasteiger partial charge in [-0.15, -0.1) is 0 Å². The molecule has 1 amide bonds. The molecule has 0 saturated carbocycles. The van der Waals surface area contributed by atoms with Crippen LogP contribution < -0.4 is 5.32 Å². The Morgan fingerprint density at radius 1 is 0.689 bits per heavy atom. The smallest absolute Gasteiger partial charge is 0.220 e. The Morgan fingerprint density at radius 2 is 1.26 bits per heavy atom. The van der Waals surface area contributed by atoms with Gasteiger partial charge in [0, 0.05) is 24.2 Å². The van der Waals surface area contributed by atoms with Crippen molar-refractivity contribution in [2.75, 3.05) is 19.8 Å². The number of amides is 1. The maximum absolute atomic E-state index is 13.0. The maximum atomic E-state index is 13.0. The van der Waals surface area contributed by atoms with E-state index in [2.05, 4.69) is 12.2 Å². The average Bonchev–Trinajstić information content (AvgIpc) is 3.28. The number of aliphatic hydroxyl groups is 6. The van der Waals surface area contributed by atoms with Crippen LogP contribution in [0.5, 0.6) is 0 Å². The number of ketones is 1. The van der Waals surface area contributed by atoms with Crippen LogP contribution in [0.4, 0.5) is 0 Å². The van der Waals surface area contributed by atoms with E-state index in [0.29, 0.717) is 37.2 Å². The van der Waals surface area contributed by atoms with Crippen molar-refractivity contribution < 1.29 is 54.4 Å². The van der Waals surface area contributed by atoms with E-state index in [9.17, 15) is 40.2 Å². The van der Waals surface area contributed by atoms with E-state index in [1.807, 2.05) is 54.6 Å². The van der Waals surface area contributed by atoms with Crippen LogP contribution in [0.25, 0.3) is 0 Å². The first-order valence-electron chi connectivity index (χ1n) is 23.5. The van der Waals surface area contributed by atoms with Crippen molar-refractivity contribution in [3.05, 3.63) is 71.3 Å². The zero-order valence-electron chi connectivity index (χ0n) is 36.9. The van der Waals surface area contributed by atoms with Crippen molar-refractivity contribution in [2.45, 2.75) is 204 Å². The molecule has 1 aliphatic heterocycles. The first kappa shape index (κ1) is 52.6. The zero-order chi connectivity index (χ0) is 44.1. The summed E-state index contributed by atoms with van der Waals surface area (Å²) in [7, 11) is 0. The molecule has 1 heterocycles. The molecule has 1 aliphatic rings. The van der Waals surface area contributed by atoms with E-state index in [0.717, 1.165) is 76.2 Å². The fourth-order valence-corrected chi connectivity index (χ4v) is 7.84. The molecule has 8 atom stereocenters. The van der Waals surface area contributed by atoms with Crippen LogP contribution >= 0.6 is 0 Å². The highest BCUT2D eigenvalue weighted by Crippen LogP contribution is 2.23. The quantitative estimate of drug-likeness (QED) is 0.0277. The van der Waals surface area contributed by atoms with Crippen LogP contribution in [-0.2, 0) is 25.6 Å². The van der Waals surface area contributed by atoms with Gasteiger partial charge >= 0.3 is 0 Å². The third-order valence-electron chi connectivity index (χ3n) is 11.7. The highest BCUT2D eigenvalue weighted by molar-refractivity contribution is 6.09. The molecule has 12 heteroatoms. The number of hydrogen-bond acceptors (Lipinski definition) is 11. The Hall–Kier alpha value is -2.78. The van der Waals surface area contributed by atoms with E-state index >= 15 is 0 Å². The maximum Gasteiger partial charge on any atom is 0.220 e. The van der Waals surface area contributed by atoms with Gasteiger partial charge in [-0.1, -0.05) is 171 Å². The van der Waals surface area contributed by atoms with Gasteiger partial charge in [-0.3, -0.25) is 9.59 Å². The average molecular weight is 858 g/mol. The van der Waals surface area contributed by atoms with Crippen molar-refractivity contribution in [3.63, 3.8) is 0 Å². The molecule has 0 aromatic heterocycles.